The summed E-state index contributed by atoms with van der Waals surface area (Å²) in [5.74, 6) is -1.18. The van der Waals surface area contributed by atoms with E-state index < -0.39 is 5.97 Å². The molecule has 4 heteroatoms. The van der Waals surface area contributed by atoms with Crippen molar-refractivity contribution in [3.63, 3.8) is 0 Å². The smallest absolute Gasteiger partial charge is 0.305 e. The number of aliphatic carboxylic acids is 1. The van der Waals surface area contributed by atoms with Crippen LogP contribution in [0.15, 0.2) is 24.3 Å². The van der Waals surface area contributed by atoms with Crippen molar-refractivity contribution < 1.29 is 14.3 Å². The molecule has 0 aliphatic carbocycles. The average Bonchev–Trinajstić information content (AvgIpc) is 2.16. The van der Waals surface area contributed by atoms with E-state index >= 15 is 0 Å². The van der Waals surface area contributed by atoms with Crippen molar-refractivity contribution >= 4 is 11.7 Å². The molecule has 15 heavy (non-hydrogen) atoms. The molecule has 82 valence electrons. The van der Waals surface area contributed by atoms with Crippen LogP contribution in [-0.2, 0) is 4.79 Å². The second-order valence-electron chi connectivity index (χ2n) is 3.36. The molecular formula is C11H14FNO2. The third kappa shape index (κ3) is 3.97. The van der Waals surface area contributed by atoms with E-state index in [9.17, 15) is 9.18 Å². The number of hydrogen-bond acceptors (Lipinski definition) is 2. The van der Waals surface area contributed by atoms with Gasteiger partial charge in [0.25, 0.3) is 0 Å². The minimum absolute atomic E-state index is 0.0347. The van der Waals surface area contributed by atoms with Gasteiger partial charge in [0, 0.05) is 11.7 Å². The second-order valence-corrected chi connectivity index (χ2v) is 3.36. The molecule has 0 amide bonds. The number of carboxylic acid groups (broad SMARTS) is 1. The summed E-state index contributed by atoms with van der Waals surface area (Å²) in [7, 11) is 0. The van der Waals surface area contributed by atoms with Crippen molar-refractivity contribution in [3.05, 3.63) is 30.1 Å². The van der Waals surface area contributed by atoms with E-state index in [1.807, 2.05) is 6.92 Å². The van der Waals surface area contributed by atoms with Gasteiger partial charge in [0.15, 0.2) is 0 Å². The fraction of sp³-hybridized carbons (Fsp3) is 0.364. The van der Waals surface area contributed by atoms with Gasteiger partial charge in [-0.15, -0.1) is 0 Å². The van der Waals surface area contributed by atoms with E-state index in [1.54, 1.807) is 12.1 Å². The normalized spacial score (nSPS) is 12.1. The molecule has 0 bridgehead atoms. The summed E-state index contributed by atoms with van der Waals surface area (Å²) in [5.41, 5.74) is 0.614. The standard InChI is InChI=1S/C11H14FNO2/c1-2-9(7-11(14)15)13-10-5-3-4-8(12)6-10/h3-6,9,13H,2,7H2,1H3,(H,14,15). The topological polar surface area (TPSA) is 49.3 Å². The lowest BCUT2D eigenvalue weighted by Crippen LogP contribution is -2.22. The van der Waals surface area contributed by atoms with Crippen LogP contribution in [0.1, 0.15) is 19.8 Å². The first-order chi connectivity index (χ1) is 7.11. The Morgan fingerprint density at radius 2 is 2.33 bits per heavy atom. The Morgan fingerprint density at radius 3 is 2.87 bits per heavy atom. The SMILES string of the molecule is CCC(CC(=O)O)Nc1cccc(F)c1. The molecule has 0 fully saturated rings. The van der Waals surface area contributed by atoms with Crippen LogP contribution in [0.5, 0.6) is 0 Å². The molecule has 2 N–H and O–H groups in total. The molecule has 0 saturated heterocycles. The third-order valence-corrected chi connectivity index (χ3v) is 2.11. The molecule has 0 aliphatic rings. The minimum atomic E-state index is -0.856. The Hall–Kier alpha value is -1.58. The van der Waals surface area contributed by atoms with Gasteiger partial charge in [-0.05, 0) is 24.6 Å². The van der Waals surface area contributed by atoms with Gasteiger partial charge in [-0.1, -0.05) is 13.0 Å². The van der Waals surface area contributed by atoms with E-state index in [1.165, 1.54) is 12.1 Å². The summed E-state index contributed by atoms with van der Waals surface area (Å²) >= 11 is 0. The molecule has 0 spiro atoms. The summed E-state index contributed by atoms with van der Waals surface area (Å²) in [4.78, 5) is 10.5. The molecule has 0 aromatic heterocycles. The van der Waals surface area contributed by atoms with Crippen LogP contribution < -0.4 is 5.32 Å². The summed E-state index contributed by atoms with van der Waals surface area (Å²) in [6, 6.07) is 5.84. The molecule has 0 aliphatic heterocycles. The first kappa shape index (κ1) is 11.5. The number of halogens is 1. The quantitative estimate of drug-likeness (QED) is 0.786. The van der Waals surface area contributed by atoms with Crippen molar-refractivity contribution in [2.75, 3.05) is 5.32 Å². The predicted octanol–water partition coefficient (Wildman–Crippen LogP) is 2.49. The first-order valence-electron chi connectivity index (χ1n) is 4.85. The molecule has 0 radical (unpaired) electrons. The monoisotopic (exact) mass is 211 g/mol. The molecule has 1 atom stereocenters. The zero-order valence-corrected chi connectivity index (χ0v) is 8.53. The van der Waals surface area contributed by atoms with Gasteiger partial charge in [-0.3, -0.25) is 4.79 Å². The number of carboxylic acids is 1. The van der Waals surface area contributed by atoms with E-state index in [4.69, 9.17) is 5.11 Å². The molecule has 0 saturated carbocycles. The summed E-state index contributed by atoms with van der Waals surface area (Å²) in [6.45, 7) is 1.89. The zero-order chi connectivity index (χ0) is 11.3. The van der Waals surface area contributed by atoms with Gasteiger partial charge in [-0.2, -0.15) is 0 Å². The van der Waals surface area contributed by atoms with E-state index in [2.05, 4.69) is 5.32 Å². The number of benzene rings is 1. The Balaban J connectivity index is 2.62. The van der Waals surface area contributed by atoms with E-state index in [-0.39, 0.29) is 18.3 Å². The highest BCUT2D eigenvalue weighted by molar-refractivity contribution is 5.68. The number of hydrogen-bond donors (Lipinski definition) is 2. The van der Waals surface area contributed by atoms with Gasteiger partial charge in [0.05, 0.1) is 6.42 Å². The molecule has 0 heterocycles. The van der Waals surface area contributed by atoms with Crippen molar-refractivity contribution in [3.8, 4) is 0 Å². The van der Waals surface area contributed by atoms with E-state index in [0.717, 1.165) is 0 Å². The van der Waals surface area contributed by atoms with Crippen molar-refractivity contribution in [2.45, 2.75) is 25.8 Å². The Bertz CT molecular complexity index is 341. The summed E-state index contributed by atoms with van der Waals surface area (Å²) in [5, 5.41) is 11.6. The van der Waals surface area contributed by atoms with Crippen LogP contribution in [0.2, 0.25) is 0 Å². The van der Waals surface area contributed by atoms with Gasteiger partial charge >= 0.3 is 5.97 Å². The van der Waals surface area contributed by atoms with Crippen LogP contribution in [0, 0.1) is 5.82 Å². The second kappa shape index (κ2) is 5.34. The van der Waals surface area contributed by atoms with E-state index in [0.29, 0.717) is 12.1 Å². The lowest BCUT2D eigenvalue weighted by Gasteiger charge is -2.15. The highest BCUT2D eigenvalue weighted by Gasteiger charge is 2.10. The van der Waals surface area contributed by atoms with Gasteiger partial charge in [0.2, 0.25) is 0 Å². The highest BCUT2D eigenvalue weighted by Crippen LogP contribution is 2.13. The maximum atomic E-state index is 12.8. The lowest BCUT2D eigenvalue weighted by atomic mass is 10.1. The van der Waals surface area contributed by atoms with Gasteiger partial charge < -0.3 is 10.4 Å². The predicted molar refractivity (Wildman–Crippen MR) is 56.4 cm³/mol. The van der Waals surface area contributed by atoms with Crippen LogP contribution >= 0.6 is 0 Å². The number of anilines is 1. The minimum Gasteiger partial charge on any atom is -0.481 e. The fourth-order valence-electron chi connectivity index (χ4n) is 1.32. The van der Waals surface area contributed by atoms with Crippen LogP contribution in [-0.4, -0.2) is 17.1 Å². The molecule has 1 aromatic rings. The van der Waals surface area contributed by atoms with Gasteiger partial charge in [-0.25, -0.2) is 4.39 Å². The highest BCUT2D eigenvalue weighted by atomic mass is 19.1. The van der Waals surface area contributed by atoms with Crippen molar-refractivity contribution in [1.82, 2.24) is 0 Å². The Morgan fingerprint density at radius 1 is 1.60 bits per heavy atom. The maximum absolute atomic E-state index is 12.8. The molecule has 1 unspecified atom stereocenters. The Labute approximate surface area is 87.9 Å². The summed E-state index contributed by atoms with van der Waals surface area (Å²) < 4.78 is 12.8. The number of nitrogens with one attached hydrogen (secondary N) is 1. The summed E-state index contributed by atoms with van der Waals surface area (Å²) in [6.07, 6.45) is 0.718. The van der Waals surface area contributed by atoms with Gasteiger partial charge in [0.1, 0.15) is 5.82 Å². The average molecular weight is 211 g/mol. The lowest BCUT2D eigenvalue weighted by molar-refractivity contribution is -0.137. The number of rotatable bonds is 5. The van der Waals surface area contributed by atoms with Crippen LogP contribution in [0.4, 0.5) is 10.1 Å². The zero-order valence-electron chi connectivity index (χ0n) is 8.53. The molecular weight excluding hydrogens is 197 g/mol. The van der Waals surface area contributed by atoms with Crippen LogP contribution in [0.25, 0.3) is 0 Å². The van der Waals surface area contributed by atoms with Crippen LogP contribution in [0.3, 0.4) is 0 Å². The molecule has 3 nitrogen and oxygen atoms in total. The van der Waals surface area contributed by atoms with Crippen molar-refractivity contribution in [1.29, 1.82) is 0 Å². The molecule has 1 aromatic carbocycles. The first-order valence-corrected chi connectivity index (χ1v) is 4.85. The molecule has 1 rings (SSSR count). The number of carbonyl (C=O) groups is 1. The van der Waals surface area contributed by atoms with Crippen molar-refractivity contribution in [2.24, 2.45) is 0 Å². The Kier molecular flexibility index (Phi) is 4.09. The third-order valence-electron chi connectivity index (χ3n) is 2.11. The fourth-order valence-corrected chi connectivity index (χ4v) is 1.32. The largest absolute Gasteiger partial charge is 0.481 e. The maximum Gasteiger partial charge on any atom is 0.305 e.